The number of carbonyl (C=O) groups excluding carboxylic acids is 1. The Kier molecular flexibility index (Phi) is 4.65. The van der Waals surface area contributed by atoms with E-state index in [-0.39, 0.29) is 23.4 Å². The van der Waals surface area contributed by atoms with Gasteiger partial charge in [0.05, 0.1) is 0 Å². The number of aliphatic hydroxyl groups excluding tert-OH is 2. The summed E-state index contributed by atoms with van der Waals surface area (Å²) in [5.74, 6) is -0.0710. The second-order valence-electron chi connectivity index (χ2n) is 2.80. The highest BCUT2D eigenvalue weighted by Gasteiger charge is 2.20. The minimum Gasteiger partial charge on any atom is -0.352 e. The number of rotatable bonds is 5. The Balaban J connectivity index is 2.59. The molecule has 14 heavy (non-hydrogen) atoms. The Labute approximate surface area is 85.7 Å². The summed E-state index contributed by atoms with van der Waals surface area (Å²) < 4.78 is 0. The third-order valence-corrected chi connectivity index (χ3v) is 3.20. The Morgan fingerprint density at radius 2 is 1.71 bits per heavy atom. The SMILES string of the molecule is O=C(C[S+](CO)CO)c1ccccc1. The van der Waals surface area contributed by atoms with Gasteiger partial charge in [0.2, 0.25) is 17.7 Å². The molecule has 0 unspecified atom stereocenters. The highest BCUT2D eigenvalue weighted by molar-refractivity contribution is 7.97. The van der Waals surface area contributed by atoms with E-state index in [1.807, 2.05) is 6.07 Å². The summed E-state index contributed by atoms with van der Waals surface area (Å²) >= 11 is 0. The standard InChI is InChI=1S/C10H13O3S/c11-7-14(8-12)6-10(13)9-4-2-1-3-5-9/h1-5,11-12H,6-8H2/q+1. The minimum atomic E-state index is -0.607. The van der Waals surface area contributed by atoms with E-state index in [0.29, 0.717) is 5.56 Å². The van der Waals surface area contributed by atoms with Crippen LogP contribution in [0.4, 0.5) is 0 Å². The first kappa shape index (κ1) is 11.2. The summed E-state index contributed by atoms with van der Waals surface area (Å²) in [6, 6.07) is 8.90. The van der Waals surface area contributed by atoms with Crippen LogP contribution in [0.5, 0.6) is 0 Å². The van der Waals surface area contributed by atoms with Gasteiger partial charge in [0.25, 0.3) is 0 Å². The molecule has 1 rings (SSSR count). The summed E-state index contributed by atoms with van der Waals surface area (Å²) in [6.45, 7) is 0. The summed E-state index contributed by atoms with van der Waals surface area (Å²) in [7, 11) is -0.607. The van der Waals surface area contributed by atoms with Crippen LogP contribution >= 0.6 is 0 Å². The number of hydrogen-bond acceptors (Lipinski definition) is 3. The molecular formula is C10H13O3S+. The molecule has 3 nitrogen and oxygen atoms in total. The van der Waals surface area contributed by atoms with E-state index >= 15 is 0 Å². The molecule has 0 amide bonds. The number of benzene rings is 1. The third kappa shape index (κ3) is 3.14. The Hall–Kier alpha value is -0.840. The molecule has 1 aromatic carbocycles. The van der Waals surface area contributed by atoms with Crippen LogP contribution in [0.25, 0.3) is 0 Å². The van der Waals surface area contributed by atoms with Crippen molar-refractivity contribution < 1.29 is 15.0 Å². The molecule has 2 N–H and O–H groups in total. The summed E-state index contributed by atoms with van der Waals surface area (Å²) in [5, 5.41) is 17.6. The van der Waals surface area contributed by atoms with E-state index < -0.39 is 10.9 Å². The van der Waals surface area contributed by atoms with Crippen molar-refractivity contribution in [3.05, 3.63) is 35.9 Å². The first-order valence-electron chi connectivity index (χ1n) is 4.22. The summed E-state index contributed by atoms with van der Waals surface area (Å²) in [5.41, 5.74) is 0.631. The summed E-state index contributed by atoms with van der Waals surface area (Å²) in [6.07, 6.45) is 0. The van der Waals surface area contributed by atoms with Gasteiger partial charge in [-0.2, -0.15) is 0 Å². The molecule has 1 aromatic rings. The van der Waals surface area contributed by atoms with Crippen LogP contribution in [-0.2, 0) is 10.9 Å². The van der Waals surface area contributed by atoms with E-state index in [2.05, 4.69) is 0 Å². The first-order valence-corrected chi connectivity index (χ1v) is 5.95. The fraction of sp³-hybridized carbons (Fsp3) is 0.300. The van der Waals surface area contributed by atoms with Crippen LogP contribution in [0, 0.1) is 0 Å². The van der Waals surface area contributed by atoms with Gasteiger partial charge >= 0.3 is 0 Å². The van der Waals surface area contributed by atoms with Crippen molar-refractivity contribution in [3.8, 4) is 0 Å². The average Bonchev–Trinajstić information content (AvgIpc) is 2.26. The van der Waals surface area contributed by atoms with Crippen molar-refractivity contribution in [1.82, 2.24) is 0 Å². The Morgan fingerprint density at radius 3 is 2.21 bits per heavy atom. The highest BCUT2D eigenvalue weighted by Crippen LogP contribution is 2.04. The molecular weight excluding hydrogens is 200 g/mol. The molecule has 0 radical (unpaired) electrons. The van der Waals surface area contributed by atoms with Crippen molar-refractivity contribution in [2.45, 2.75) is 0 Å². The van der Waals surface area contributed by atoms with Gasteiger partial charge in [0.15, 0.2) is 5.75 Å². The van der Waals surface area contributed by atoms with E-state index in [0.717, 1.165) is 0 Å². The maximum Gasteiger partial charge on any atom is 0.212 e. The Bertz CT molecular complexity index is 283. The average molecular weight is 213 g/mol. The minimum absolute atomic E-state index is 0.0305. The zero-order valence-corrected chi connectivity index (χ0v) is 8.54. The third-order valence-electron chi connectivity index (χ3n) is 1.80. The molecule has 0 aromatic heterocycles. The molecule has 0 aliphatic rings. The van der Waals surface area contributed by atoms with Gasteiger partial charge in [-0.25, -0.2) is 0 Å². The normalized spacial score (nSPS) is 10.5. The van der Waals surface area contributed by atoms with Gasteiger partial charge < -0.3 is 10.2 Å². The van der Waals surface area contributed by atoms with Crippen LogP contribution in [0.15, 0.2) is 30.3 Å². The van der Waals surface area contributed by atoms with E-state index in [1.54, 1.807) is 24.3 Å². The lowest BCUT2D eigenvalue weighted by atomic mass is 10.2. The van der Waals surface area contributed by atoms with E-state index in [4.69, 9.17) is 10.2 Å². The lowest BCUT2D eigenvalue weighted by Gasteiger charge is -2.01. The lowest BCUT2D eigenvalue weighted by Crippen LogP contribution is -2.22. The quantitative estimate of drug-likeness (QED) is 0.549. The first-order chi connectivity index (χ1) is 6.77. The number of aliphatic hydroxyl groups is 2. The molecule has 0 spiro atoms. The number of carbonyl (C=O) groups is 1. The molecule has 0 aliphatic heterocycles. The van der Waals surface area contributed by atoms with Gasteiger partial charge in [-0.15, -0.1) is 0 Å². The van der Waals surface area contributed by atoms with Gasteiger partial charge in [-0.05, 0) is 0 Å². The van der Waals surface area contributed by atoms with Gasteiger partial charge in [-0.3, -0.25) is 4.79 Å². The number of Topliss-reactive ketones (excluding diaryl/α,β-unsaturated/α-hetero) is 1. The monoisotopic (exact) mass is 213 g/mol. The predicted octanol–water partition coefficient (Wildman–Crippen LogP) is 0.387. The van der Waals surface area contributed by atoms with Crippen LogP contribution < -0.4 is 0 Å². The second-order valence-corrected chi connectivity index (χ2v) is 4.83. The fourth-order valence-electron chi connectivity index (χ4n) is 1.02. The van der Waals surface area contributed by atoms with Crippen LogP contribution in [-0.4, -0.2) is 33.6 Å². The van der Waals surface area contributed by atoms with Crippen molar-refractivity contribution in [3.63, 3.8) is 0 Å². The van der Waals surface area contributed by atoms with E-state index in [9.17, 15) is 4.79 Å². The fourth-order valence-corrected chi connectivity index (χ4v) is 1.83. The van der Waals surface area contributed by atoms with Crippen molar-refractivity contribution in [1.29, 1.82) is 0 Å². The van der Waals surface area contributed by atoms with Crippen molar-refractivity contribution in [2.24, 2.45) is 0 Å². The number of ketones is 1. The van der Waals surface area contributed by atoms with Crippen molar-refractivity contribution in [2.75, 3.05) is 17.6 Å². The largest absolute Gasteiger partial charge is 0.352 e. The zero-order chi connectivity index (χ0) is 10.4. The van der Waals surface area contributed by atoms with E-state index in [1.165, 1.54) is 0 Å². The molecule has 0 bridgehead atoms. The van der Waals surface area contributed by atoms with Crippen molar-refractivity contribution >= 4 is 16.7 Å². The molecule has 0 saturated carbocycles. The molecule has 0 fully saturated rings. The maximum absolute atomic E-state index is 11.6. The smallest absolute Gasteiger partial charge is 0.212 e. The zero-order valence-electron chi connectivity index (χ0n) is 7.72. The van der Waals surface area contributed by atoms with Gasteiger partial charge in [0.1, 0.15) is 0 Å². The lowest BCUT2D eigenvalue weighted by molar-refractivity contribution is 0.102. The van der Waals surface area contributed by atoms with Crippen LogP contribution in [0.2, 0.25) is 0 Å². The summed E-state index contributed by atoms with van der Waals surface area (Å²) in [4.78, 5) is 11.6. The van der Waals surface area contributed by atoms with Crippen LogP contribution in [0.3, 0.4) is 0 Å². The molecule has 4 heteroatoms. The predicted molar refractivity (Wildman–Crippen MR) is 57.2 cm³/mol. The molecule has 0 saturated heterocycles. The van der Waals surface area contributed by atoms with Gasteiger partial charge in [0, 0.05) is 16.5 Å². The highest BCUT2D eigenvalue weighted by atomic mass is 32.2. The topological polar surface area (TPSA) is 57.5 Å². The molecule has 76 valence electrons. The molecule has 0 atom stereocenters. The second kappa shape index (κ2) is 5.80. The molecule has 0 aliphatic carbocycles. The Morgan fingerprint density at radius 1 is 1.14 bits per heavy atom. The van der Waals surface area contributed by atoms with Gasteiger partial charge in [-0.1, -0.05) is 30.3 Å². The maximum atomic E-state index is 11.6. The number of hydrogen-bond donors (Lipinski definition) is 2. The van der Waals surface area contributed by atoms with Crippen LogP contribution in [0.1, 0.15) is 10.4 Å². The molecule has 0 heterocycles.